The standard InChI is InChI=1S/C18H19N7O2/c1-27-9-8-23-12-4-2-3-5-13(12)24-11-20-16(15(24)17(23)26)25-10-14(21-22-25)18(19)6-7-18/h2-5,10-11H,6-9,19H2,1H3. The van der Waals surface area contributed by atoms with Gasteiger partial charge in [-0.2, -0.15) is 4.68 Å². The number of imidazole rings is 1. The molecule has 0 atom stereocenters. The summed E-state index contributed by atoms with van der Waals surface area (Å²) in [4.78, 5) is 17.7. The predicted molar refractivity (Wildman–Crippen MR) is 98.9 cm³/mol. The van der Waals surface area contributed by atoms with Crippen LogP contribution in [-0.2, 0) is 16.8 Å². The largest absolute Gasteiger partial charge is 0.383 e. The fourth-order valence-corrected chi connectivity index (χ4v) is 3.41. The summed E-state index contributed by atoms with van der Waals surface area (Å²) < 4.78 is 10.2. The molecule has 1 saturated carbocycles. The van der Waals surface area contributed by atoms with Gasteiger partial charge in [0.1, 0.15) is 12.0 Å². The van der Waals surface area contributed by atoms with Crippen LogP contribution in [0, 0.1) is 0 Å². The van der Waals surface area contributed by atoms with Crippen molar-refractivity contribution in [3.63, 3.8) is 0 Å². The second-order valence-corrected chi connectivity index (χ2v) is 6.93. The maximum Gasteiger partial charge on any atom is 0.279 e. The van der Waals surface area contributed by atoms with Gasteiger partial charge in [-0.15, -0.1) is 5.10 Å². The van der Waals surface area contributed by atoms with Crippen LogP contribution in [0.2, 0.25) is 0 Å². The van der Waals surface area contributed by atoms with Gasteiger partial charge in [0.15, 0.2) is 11.3 Å². The summed E-state index contributed by atoms with van der Waals surface area (Å²) in [7, 11) is 1.62. The van der Waals surface area contributed by atoms with Gasteiger partial charge in [0.05, 0.1) is 29.4 Å². The number of rotatable bonds is 5. The number of benzene rings is 1. The molecule has 1 aliphatic carbocycles. The van der Waals surface area contributed by atoms with E-state index in [0.29, 0.717) is 24.5 Å². The van der Waals surface area contributed by atoms with Crippen LogP contribution in [0.25, 0.3) is 22.4 Å². The first kappa shape index (κ1) is 16.2. The Morgan fingerprint density at radius 3 is 2.78 bits per heavy atom. The molecule has 5 rings (SSSR count). The first-order chi connectivity index (χ1) is 13.1. The van der Waals surface area contributed by atoms with Crippen LogP contribution in [0.15, 0.2) is 41.6 Å². The van der Waals surface area contributed by atoms with Gasteiger partial charge < -0.3 is 15.0 Å². The van der Waals surface area contributed by atoms with Gasteiger partial charge >= 0.3 is 0 Å². The topological polar surface area (TPSA) is 105 Å². The molecule has 3 heterocycles. The zero-order chi connectivity index (χ0) is 18.6. The Kier molecular flexibility index (Phi) is 3.43. The molecule has 27 heavy (non-hydrogen) atoms. The molecular formula is C18H19N7O2. The Morgan fingerprint density at radius 2 is 2.04 bits per heavy atom. The van der Waals surface area contributed by atoms with Gasteiger partial charge in [-0.1, -0.05) is 17.3 Å². The Morgan fingerprint density at radius 1 is 1.26 bits per heavy atom. The number of para-hydroxylation sites is 2. The summed E-state index contributed by atoms with van der Waals surface area (Å²) in [5.74, 6) is 0.444. The minimum Gasteiger partial charge on any atom is -0.383 e. The lowest BCUT2D eigenvalue weighted by Gasteiger charge is -2.12. The molecule has 3 aromatic heterocycles. The van der Waals surface area contributed by atoms with Gasteiger partial charge in [-0.3, -0.25) is 9.20 Å². The Hall–Kier alpha value is -3.04. The number of hydrogen-bond acceptors (Lipinski definition) is 6. The second kappa shape index (κ2) is 5.73. The second-order valence-electron chi connectivity index (χ2n) is 6.93. The third-order valence-electron chi connectivity index (χ3n) is 5.16. The highest BCUT2D eigenvalue weighted by molar-refractivity contribution is 5.80. The number of ether oxygens (including phenoxy) is 1. The molecule has 9 heteroatoms. The molecule has 138 valence electrons. The van der Waals surface area contributed by atoms with Crippen LogP contribution in [-0.4, -0.2) is 42.7 Å². The molecule has 0 amide bonds. The van der Waals surface area contributed by atoms with Crippen molar-refractivity contribution in [3.05, 3.63) is 52.8 Å². The Balaban J connectivity index is 1.76. The maximum absolute atomic E-state index is 13.3. The van der Waals surface area contributed by atoms with Crippen molar-refractivity contribution in [3.8, 4) is 5.82 Å². The molecule has 9 nitrogen and oxygen atoms in total. The van der Waals surface area contributed by atoms with Crippen LogP contribution in [0.1, 0.15) is 18.5 Å². The lowest BCUT2D eigenvalue weighted by atomic mass is 10.2. The number of nitrogens with two attached hydrogens (primary N) is 1. The monoisotopic (exact) mass is 365 g/mol. The zero-order valence-corrected chi connectivity index (χ0v) is 14.9. The lowest BCUT2D eigenvalue weighted by Crippen LogP contribution is -2.25. The van der Waals surface area contributed by atoms with E-state index in [0.717, 1.165) is 29.6 Å². The van der Waals surface area contributed by atoms with Gasteiger partial charge in [0.25, 0.3) is 5.56 Å². The van der Waals surface area contributed by atoms with E-state index in [1.807, 2.05) is 24.3 Å². The fraction of sp³-hybridized carbons (Fsp3) is 0.333. The first-order valence-electron chi connectivity index (χ1n) is 8.82. The summed E-state index contributed by atoms with van der Waals surface area (Å²) in [6.45, 7) is 0.887. The number of fused-ring (bicyclic) bond motifs is 3. The molecule has 4 aromatic rings. The van der Waals surface area contributed by atoms with E-state index in [4.69, 9.17) is 10.5 Å². The highest BCUT2D eigenvalue weighted by atomic mass is 16.5. The van der Waals surface area contributed by atoms with Crippen molar-refractivity contribution >= 4 is 16.6 Å². The minimum absolute atomic E-state index is 0.149. The molecule has 0 aliphatic heterocycles. The average molecular weight is 365 g/mol. The van der Waals surface area contributed by atoms with Gasteiger partial charge in [0.2, 0.25) is 0 Å². The van der Waals surface area contributed by atoms with Crippen molar-refractivity contribution in [1.82, 2.24) is 28.9 Å². The van der Waals surface area contributed by atoms with E-state index >= 15 is 0 Å². The van der Waals surface area contributed by atoms with Crippen molar-refractivity contribution in [2.45, 2.75) is 24.9 Å². The highest BCUT2D eigenvalue weighted by Crippen LogP contribution is 2.41. The first-order valence-corrected chi connectivity index (χ1v) is 8.82. The third kappa shape index (κ3) is 2.39. The van der Waals surface area contributed by atoms with Crippen LogP contribution < -0.4 is 11.3 Å². The van der Waals surface area contributed by atoms with Gasteiger partial charge in [-0.25, -0.2) is 4.98 Å². The summed E-state index contributed by atoms with van der Waals surface area (Å²) >= 11 is 0. The van der Waals surface area contributed by atoms with Crippen molar-refractivity contribution < 1.29 is 4.74 Å². The molecule has 1 aliphatic rings. The Bertz CT molecular complexity index is 1220. The fourth-order valence-electron chi connectivity index (χ4n) is 3.41. The third-order valence-corrected chi connectivity index (χ3v) is 5.16. The van der Waals surface area contributed by atoms with Crippen molar-refractivity contribution in [2.24, 2.45) is 5.73 Å². The summed E-state index contributed by atoms with van der Waals surface area (Å²) in [6, 6.07) is 7.73. The van der Waals surface area contributed by atoms with E-state index in [-0.39, 0.29) is 11.1 Å². The quantitative estimate of drug-likeness (QED) is 0.561. The summed E-state index contributed by atoms with van der Waals surface area (Å²) in [5.41, 5.74) is 8.56. The lowest BCUT2D eigenvalue weighted by molar-refractivity contribution is 0.187. The zero-order valence-electron chi connectivity index (χ0n) is 14.9. The predicted octanol–water partition coefficient (Wildman–Crippen LogP) is 0.824. The van der Waals surface area contributed by atoms with E-state index in [1.165, 1.54) is 4.68 Å². The SMILES string of the molecule is COCCn1c(=O)c2c(-n3cc(C4(N)CC4)nn3)ncn2c2ccccc21. The van der Waals surface area contributed by atoms with E-state index in [1.54, 1.807) is 28.6 Å². The Labute approximate surface area is 154 Å². The van der Waals surface area contributed by atoms with Crippen LogP contribution in [0.3, 0.4) is 0 Å². The summed E-state index contributed by atoms with van der Waals surface area (Å²) in [5, 5.41) is 8.35. The molecule has 0 spiro atoms. The van der Waals surface area contributed by atoms with Gasteiger partial charge in [0, 0.05) is 13.7 Å². The molecule has 0 saturated heterocycles. The highest BCUT2D eigenvalue weighted by Gasteiger charge is 2.43. The van der Waals surface area contributed by atoms with E-state index < -0.39 is 0 Å². The minimum atomic E-state index is -0.390. The molecule has 0 radical (unpaired) electrons. The molecule has 2 N–H and O–H groups in total. The van der Waals surface area contributed by atoms with Crippen LogP contribution in [0.4, 0.5) is 0 Å². The van der Waals surface area contributed by atoms with Crippen molar-refractivity contribution in [2.75, 3.05) is 13.7 Å². The number of nitrogens with zero attached hydrogens (tertiary/aromatic N) is 6. The van der Waals surface area contributed by atoms with Gasteiger partial charge in [-0.05, 0) is 25.0 Å². The number of hydrogen-bond donors (Lipinski definition) is 1. The number of aromatic nitrogens is 6. The molecule has 1 aromatic carbocycles. The number of methoxy groups -OCH3 is 1. The van der Waals surface area contributed by atoms with E-state index in [9.17, 15) is 4.79 Å². The van der Waals surface area contributed by atoms with Crippen molar-refractivity contribution in [1.29, 1.82) is 0 Å². The maximum atomic E-state index is 13.3. The average Bonchev–Trinajstić information content (AvgIpc) is 3.11. The van der Waals surface area contributed by atoms with Crippen LogP contribution in [0.5, 0.6) is 0 Å². The summed E-state index contributed by atoms with van der Waals surface area (Å²) in [6.07, 6.45) is 5.20. The van der Waals surface area contributed by atoms with Crippen LogP contribution >= 0.6 is 0 Å². The smallest absolute Gasteiger partial charge is 0.279 e. The molecule has 0 bridgehead atoms. The normalized spacial score (nSPS) is 15.6. The molecule has 1 fully saturated rings. The van der Waals surface area contributed by atoms with E-state index in [2.05, 4.69) is 15.3 Å². The molecular weight excluding hydrogens is 346 g/mol. The molecule has 0 unspecified atom stereocenters.